The van der Waals surface area contributed by atoms with Crippen LogP contribution in [0.15, 0.2) is 41.0 Å². The molecule has 0 saturated carbocycles. The third-order valence-electron chi connectivity index (χ3n) is 3.86. The second-order valence-corrected chi connectivity index (χ2v) is 7.58. The summed E-state index contributed by atoms with van der Waals surface area (Å²) < 4.78 is 30.4. The average molecular weight is 334 g/mol. The molecule has 2 heterocycles. The van der Waals surface area contributed by atoms with E-state index in [0.29, 0.717) is 30.0 Å². The Labute approximate surface area is 135 Å². The lowest BCUT2D eigenvalue weighted by Gasteiger charge is -2.21. The van der Waals surface area contributed by atoms with Gasteiger partial charge in [0.15, 0.2) is 0 Å². The molecule has 1 atom stereocenters. The minimum Gasteiger partial charge on any atom is -0.467 e. The van der Waals surface area contributed by atoms with Crippen LogP contribution in [0.25, 0.3) is 0 Å². The van der Waals surface area contributed by atoms with Gasteiger partial charge in [0.25, 0.3) is 5.91 Å². The molecule has 1 N–H and O–H groups in total. The van der Waals surface area contributed by atoms with Crippen molar-refractivity contribution in [3.8, 4) is 0 Å². The van der Waals surface area contributed by atoms with Gasteiger partial charge in [0.05, 0.1) is 24.8 Å². The maximum absolute atomic E-state index is 12.2. The van der Waals surface area contributed by atoms with Crippen LogP contribution in [-0.4, -0.2) is 26.6 Å². The molecule has 6 nitrogen and oxygen atoms in total. The lowest BCUT2D eigenvalue weighted by atomic mass is 10.1. The Bertz CT molecular complexity index is 828. The molecule has 23 heavy (non-hydrogen) atoms. The Morgan fingerprint density at radius 2 is 2.17 bits per heavy atom. The lowest BCUT2D eigenvalue weighted by molar-refractivity contribution is 0.0948. The van der Waals surface area contributed by atoms with E-state index >= 15 is 0 Å². The van der Waals surface area contributed by atoms with Crippen molar-refractivity contribution < 1.29 is 17.6 Å². The van der Waals surface area contributed by atoms with Gasteiger partial charge in [-0.15, -0.1) is 0 Å². The molecule has 0 radical (unpaired) electrons. The largest absolute Gasteiger partial charge is 0.467 e. The van der Waals surface area contributed by atoms with Crippen LogP contribution in [0.3, 0.4) is 0 Å². The first kappa shape index (κ1) is 15.6. The number of rotatable bonds is 4. The Balaban J connectivity index is 1.79. The molecule has 3 rings (SSSR count). The van der Waals surface area contributed by atoms with Gasteiger partial charge in [-0.1, -0.05) is 0 Å². The third-order valence-corrected chi connectivity index (χ3v) is 5.13. The molecule has 0 fully saturated rings. The number of carbonyl (C=O) groups is 1. The molecule has 2 aromatic rings. The van der Waals surface area contributed by atoms with Crippen LogP contribution in [0.5, 0.6) is 0 Å². The topological polar surface area (TPSA) is 79.6 Å². The zero-order valence-corrected chi connectivity index (χ0v) is 13.8. The fourth-order valence-electron chi connectivity index (χ4n) is 2.93. The smallest absolute Gasteiger partial charge is 0.251 e. The summed E-state index contributed by atoms with van der Waals surface area (Å²) in [5, 5.41) is 2.78. The molecule has 0 unspecified atom stereocenters. The van der Waals surface area contributed by atoms with Crippen molar-refractivity contribution in [3.63, 3.8) is 0 Å². The van der Waals surface area contributed by atoms with Gasteiger partial charge in [-0.3, -0.25) is 9.10 Å². The Hall–Kier alpha value is -2.28. The van der Waals surface area contributed by atoms with E-state index in [9.17, 15) is 13.2 Å². The summed E-state index contributed by atoms with van der Waals surface area (Å²) in [6.45, 7) is 2.17. The fraction of sp³-hybridized carbons (Fsp3) is 0.312. The molecular weight excluding hydrogens is 316 g/mol. The molecule has 122 valence electrons. The second-order valence-electron chi connectivity index (χ2n) is 5.72. The first-order chi connectivity index (χ1) is 10.9. The van der Waals surface area contributed by atoms with E-state index < -0.39 is 10.0 Å². The minimum atomic E-state index is -3.32. The van der Waals surface area contributed by atoms with E-state index in [4.69, 9.17) is 4.42 Å². The highest BCUT2D eigenvalue weighted by Gasteiger charge is 2.32. The van der Waals surface area contributed by atoms with Gasteiger partial charge < -0.3 is 9.73 Å². The van der Waals surface area contributed by atoms with Crippen LogP contribution in [0.1, 0.15) is 28.6 Å². The zero-order chi connectivity index (χ0) is 16.6. The molecular formula is C16H18N2O4S. The van der Waals surface area contributed by atoms with Crippen molar-refractivity contribution in [2.24, 2.45) is 0 Å². The number of sulfonamides is 1. The predicted octanol–water partition coefficient (Wildman–Crippen LogP) is 1.92. The summed E-state index contributed by atoms with van der Waals surface area (Å²) >= 11 is 0. The summed E-state index contributed by atoms with van der Waals surface area (Å²) in [5.41, 5.74) is 2.04. The number of fused-ring (bicyclic) bond motifs is 1. The second kappa shape index (κ2) is 5.73. The normalized spacial score (nSPS) is 17.1. The molecule has 1 aliphatic heterocycles. The number of carbonyl (C=O) groups excluding carboxylic acids is 1. The number of hydrogen-bond acceptors (Lipinski definition) is 4. The summed E-state index contributed by atoms with van der Waals surface area (Å²) in [5.74, 6) is 0.464. The van der Waals surface area contributed by atoms with Crippen LogP contribution >= 0.6 is 0 Å². The van der Waals surface area contributed by atoms with Crippen molar-refractivity contribution in [3.05, 3.63) is 53.5 Å². The van der Waals surface area contributed by atoms with Gasteiger partial charge >= 0.3 is 0 Å². The Morgan fingerprint density at radius 3 is 2.83 bits per heavy atom. The predicted molar refractivity (Wildman–Crippen MR) is 86.8 cm³/mol. The molecule has 7 heteroatoms. The maximum atomic E-state index is 12.2. The van der Waals surface area contributed by atoms with Crippen LogP contribution in [0.4, 0.5) is 5.69 Å². The van der Waals surface area contributed by atoms with Crippen molar-refractivity contribution >= 4 is 21.6 Å². The maximum Gasteiger partial charge on any atom is 0.251 e. The van der Waals surface area contributed by atoms with Gasteiger partial charge in [0.2, 0.25) is 10.0 Å². The number of furan rings is 1. The van der Waals surface area contributed by atoms with Gasteiger partial charge in [0, 0.05) is 11.6 Å². The third kappa shape index (κ3) is 3.10. The van der Waals surface area contributed by atoms with E-state index in [1.165, 1.54) is 10.6 Å². The first-order valence-corrected chi connectivity index (χ1v) is 9.14. The molecule has 1 aromatic heterocycles. The fourth-order valence-corrected chi connectivity index (χ4v) is 4.20. The number of hydrogen-bond donors (Lipinski definition) is 1. The van der Waals surface area contributed by atoms with E-state index in [-0.39, 0.29) is 11.9 Å². The molecule has 0 aliphatic carbocycles. The van der Waals surface area contributed by atoms with E-state index in [1.807, 2.05) is 6.92 Å². The number of benzene rings is 1. The van der Waals surface area contributed by atoms with Gasteiger partial charge in [-0.05, 0) is 49.2 Å². The number of nitrogens with one attached hydrogen (secondary N) is 1. The standard InChI is InChI=1S/C16H18N2O4S/c1-11-8-13-9-12(5-6-15(13)18(11)23(2,20)21)16(19)17-10-14-4-3-7-22-14/h3-7,9,11H,8,10H2,1-2H3,(H,17,19)/t11-/m1/s1. The van der Waals surface area contributed by atoms with Crippen molar-refractivity contribution in [2.75, 3.05) is 10.6 Å². The van der Waals surface area contributed by atoms with Crippen LogP contribution in [-0.2, 0) is 23.0 Å². The Morgan fingerprint density at radius 1 is 1.39 bits per heavy atom. The monoisotopic (exact) mass is 334 g/mol. The van der Waals surface area contributed by atoms with E-state index in [0.717, 1.165) is 5.56 Å². The van der Waals surface area contributed by atoms with Gasteiger partial charge in [-0.2, -0.15) is 0 Å². The molecule has 0 saturated heterocycles. The van der Waals surface area contributed by atoms with Gasteiger partial charge in [-0.25, -0.2) is 8.42 Å². The molecule has 1 aliphatic rings. The zero-order valence-electron chi connectivity index (χ0n) is 12.9. The van der Waals surface area contributed by atoms with Gasteiger partial charge in [0.1, 0.15) is 5.76 Å². The van der Waals surface area contributed by atoms with Crippen molar-refractivity contribution in [2.45, 2.75) is 25.9 Å². The highest BCUT2D eigenvalue weighted by atomic mass is 32.2. The minimum absolute atomic E-state index is 0.138. The summed E-state index contributed by atoms with van der Waals surface area (Å²) in [6.07, 6.45) is 3.35. The number of amides is 1. The number of nitrogens with zero attached hydrogens (tertiary/aromatic N) is 1. The lowest BCUT2D eigenvalue weighted by Crippen LogP contribution is -2.34. The SMILES string of the molecule is C[C@@H]1Cc2cc(C(=O)NCc3ccco3)ccc2N1S(C)(=O)=O. The molecule has 1 aromatic carbocycles. The van der Waals surface area contributed by atoms with Crippen LogP contribution < -0.4 is 9.62 Å². The molecule has 0 spiro atoms. The van der Waals surface area contributed by atoms with Crippen LogP contribution in [0.2, 0.25) is 0 Å². The van der Waals surface area contributed by atoms with Crippen molar-refractivity contribution in [1.82, 2.24) is 5.32 Å². The Kier molecular flexibility index (Phi) is 3.89. The van der Waals surface area contributed by atoms with E-state index in [1.54, 1.807) is 36.6 Å². The van der Waals surface area contributed by atoms with Crippen LogP contribution in [0, 0.1) is 0 Å². The highest BCUT2D eigenvalue weighted by Crippen LogP contribution is 2.34. The summed E-state index contributed by atoms with van der Waals surface area (Å²) in [7, 11) is -3.32. The number of anilines is 1. The molecule has 1 amide bonds. The average Bonchev–Trinajstić information content (AvgIpc) is 3.09. The summed E-state index contributed by atoms with van der Waals surface area (Å²) in [4.78, 5) is 12.2. The highest BCUT2D eigenvalue weighted by molar-refractivity contribution is 7.92. The van der Waals surface area contributed by atoms with E-state index in [2.05, 4.69) is 5.32 Å². The quantitative estimate of drug-likeness (QED) is 0.926. The molecule has 0 bridgehead atoms. The summed E-state index contributed by atoms with van der Waals surface area (Å²) in [6, 6.07) is 8.51. The first-order valence-electron chi connectivity index (χ1n) is 7.29. The van der Waals surface area contributed by atoms with Crippen molar-refractivity contribution in [1.29, 1.82) is 0 Å².